The van der Waals surface area contributed by atoms with Crippen LogP contribution in [0.3, 0.4) is 0 Å². The fraction of sp³-hybridized carbons (Fsp3) is 0.344. The van der Waals surface area contributed by atoms with Crippen LogP contribution in [-0.2, 0) is 39.8 Å². The van der Waals surface area contributed by atoms with Crippen molar-refractivity contribution in [2.24, 2.45) is 0 Å². The highest BCUT2D eigenvalue weighted by atomic mass is 16.8. The summed E-state index contributed by atoms with van der Waals surface area (Å²) in [6.45, 7) is 3.39. The molecule has 10 heteroatoms. The Labute approximate surface area is 243 Å². The number of methoxy groups -OCH3 is 1. The monoisotopic (exact) mass is 576 g/mol. The Hall–Kier alpha value is -4.09. The number of rotatable bonds is 9. The van der Waals surface area contributed by atoms with E-state index in [1.807, 2.05) is 0 Å². The first-order chi connectivity index (χ1) is 20.2. The molecule has 5 atom stereocenters. The second-order valence-electron chi connectivity index (χ2n) is 10.3. The zero-order valence-corrected chi connectivity index (χ0v) is 23.5. The molecule has 2 aliphatic heterocycles. The minimum atomic E-state index is -1.10. The van der Waals surface area contributed by atoms with Gasteiger partial charge in [-0.05, 0) is 55.8 Å². The number of hydrogen-bond donors (Lipinski definition) is 0. The Bertz CT molecular complexity index is 1370. The van der Waals surface area contributed by atoms with Crippen LogP contribution in [0.1, 0.15) is 50.5 Å². The molecular formula is C32H32O10. The van der Waals surface area contributed by atoms with Gasteiger partial charge in [-0.3, -0.25) is 0 Å². The Morgan fingerprint density at radius 1 is 0.738 bits per heavy atom. The van der Waals surface area contributed by atoms with E-state index < -0.39 is 54.4 Å². The number of carbonyl (C=O) groups excluding carboxylic acids is 3. The van der Waals surface area contributed by atoms with Gasteiger partial charge >= 0.3 is 17.9 Å². The number of benzene rings is 3. The second-order valence-corrected chi connectivity index (χ2v) is 10.3. The topological polar surface area (TPSA) is 116 Å². The number of fused-ring (bicyclic) bond motifs is 1. The normalized spacial score (nSPS) is 24.3. The maximum absolute atomic E-state index is 13.1. The smallest absolute Gasteiger partial charge is 0.338 e. The highest BCUT2D eigenvalue weighted by Crippen LogP contribution is 2.39. The molecule has 0 unspecified atom stereocenters. The van der Waals surface area contributed by atoms with Gasteiger partial charge in [0.15, 0.2) is 18.2 Å². The van der Waals surface area contributed by atoms with Crippen molar-refractivity contribution >= 4 is 17.9 Å². The average Bonchev–Trinajstić information content (AvgIpc) is 3.35. The Balaban J connectivity index is 1.37. The molecule has 0 bridgehead atoms. The molecule has 0 radical (unpaired) electrons. The van der Waals surface area contributed by atoms with Crippen LogP contribution < -0.4 is 0 Å². The van der Waals surface area contributed by atoms with Crippen molar-refractivity contribution in [1.82, 2.24) is 0 Å². The Morgan fingerprint density at radius 3 is 1.93 bits per heavy atom. The first kappa shape index (κ1) is 29.4. The molecule has 5 rings (SSSR count). The van der Waals surface area contributed by atoms with Gasteiger partial charge in [0.2, 0.25) is 0 Å². The van der Waals surface area contributed by atoms with Crippen molar-refractivity contribution < 1.29 is 47.5 Å². The lowest BCUT2D eigenvalue weighted by atomic mass is 9.99. The van der Waals surface area contributed by atoms with E-state index in [1.54, 1.807) is 98.8 Å². The predicted molar refractivity (Wildman–Crippen MR) is 147 cm³/mol. The van der Waals surface area contributed by atoms with Crippen molar-refractivity contribution in [1.29, 1.82) is 0 Å². The summed E-state index contributed by atoms with van der Waals surface area (Å²) in [6, 6.07) is 23.8. The lowest BCUT2D eigenvalue weighted by Crippen LogP contribution is -2.59. The molecule has 2 heterocycles. The van der Waals surface area contributed by atoms with Gasteiger partial charge in [0.25, 0.3) is 0 Å². The second kappa shape index (κ2) is 12.8. The van der Waals surface area contributed by atoms with E-state index in [9.17, 15) is 14.4 Å². The lowest BCUT2D eigenvalue weighted by Gasteiger charge is -2.41. The third-order valence-corrected chi connectivity index (χ3v) is 6.86. The lowest BCUT2D eigenvalue weighted by molar-refractivity contribution is -0.284. The predicted octanol–water partition coefficient (Wildman–Crippen LogP) is 4.32. The quantitative estimate of drug-likeness (QED) is 0.269. The van der Waals surface area contributed by atoms with Gasteiger partial charge in [-0.1, -0.05) is 48.5 Å². The Kier molecular flexibility index (Phi) is 8.98. The van der Waals surface area contributed by atoms with Crippen molar-refractivity contribution in [2.45, 2.75) is 56.9 Å². The third kappa shape index (κ3) is 6.85. The number of esters is 3. The Morgan fingerprint density at radius 2 is 1.31 bits per heavy atom. The molecule has 0 amide bonds. The van der Waals surface area contributed by atoms with Crippen LogP contribution in [0, 0.1) is 0 Å². The maximum atomic E-state index is 13.1. The van der Waals surface area contributed by atoms with E-state index in [2.05, 4.69) is 0 Å². The van der Waals surface area contributed by atoms with Crippen molar-refractivity contribution in [2.75, 3.05) is 13.7 Å². The van der Waals surface area contributed by atoms with E-state index in [-0.39, 0.29) is 13.2 Å². The minimum absolute atomic E-state index is 0.0592. The van der Waals surface area contributed by atoms with Crippen molar-refractivity contribution in [3.05, 3.63) is 107 Å². The summed E-state index contributed by atoms with van der Waals surface area (Å²) in [7, 11) is 1.31. The summed E-state index contributed by atoms with van der Waals surface area (Å²) >= 11 is 0. The molecule has 42 heavy (non-hydrogen) atoms. The molecule has 0 N–H and O–H groups in total. The summed E-state index contributed by atoms with van der Waals surface area (Å²) in [5.74, 6) is -2.59. The van der Waals surface area contributed by atoms with Crippen LogP contribution in [0.15, 0.2) is 84.9 Å². The number of ether oxygens (including phenoxy) is 7. The molecule has 2 saturated heterocycles. The van der Waals surface area contributed by atoms with E-state index in [4.69, 9.17) is 33.2 Å². The molecule has 3 aromatic carbocycles. The zero-order valence-electron chi connectivity index (χ0n) is 23.5. The van der Waals surface area contributed by atoms with Crippen LogP contribution in [-0.4, -0.2) is 68.1 Å². The molecule has 10 nitrogen and oxygen atoms in total. The molecule has 0 saturated carbocycles. The van der Waals surface area contributed by atoms with Crippen LogP contribution >= 0.6 is 0 Å². The van der Waals surface area contributed by atoms with Crippen LogP contribution in [0.5, 0.6) is 0 Å². The van der Waals surface area contributed by atoms with Gasteiger partial charge in [-0.25, -0.2) is 14.4 Å². The summed E-state index contributed by atoms with van der Waals surface area (Å²) in [4.78, 5) is 37.6. The zero-order chi connectivity index (χ0) is 29.7. The molecule has 0 spiro atoms. The van der Waals surface area contributed by atoms with Gasteiger partial charge < -0.3 is 33.2 Å². The van der Waals surface area contributed by atoms with Gasteiger partial charge in [0, 0.05) is 0 Å². The van der Waals surface area contributed by atoms with Crippen LogP contribution in [0.25, 0.3) is 0 Å². The van der Waals surface area contributed by atoms with Gasteiger partial charge in [0.05, 0.1) is 30.4 Å². The van der Waals surface area contributed by atoms with Crippen molar-refractivity contribution in [3.8, 4) is 0 Å². The largest absolute Gasteiger partial charge is 0.465 e. The molecule has 0 aliphatic carbocycles. The fourth-order valence-corrected chi connectivity index (χ4v) is 4.85. The molecule has 220 valence electrons. The molecule has 2 aliphatic rings. The number of carbonyl (C=O) groups is 3. The molecule has 0 aromatic heterocycles. The van der Waals surface area contributed by atoms with E-state index in [0.29, 0.717) is 16.7 Å². The number of hydrogen-bond acceptors (Lipinski definition) is 10. The van der Waals surface area contributed by atoms with E-state index in [1.165, 1.54) is 7.11 Å². The first-order valence-electron chi connectivity index (χ1n) is 13.5. The third-order valence-electron chi connectivity index (χ3n) is 6.86. The SMILES string of the molecule is COC(=O)c1ccc(CO[C@@H]2O[C@H](COC(=O)c3ccccc3)[C@@H]3OC(C)(C)O[C@@H]3[C@H]2OC(=O)c2ccccc2)cc1. The van der Waals surface area contributed by atoms with Crippen molar-refractivity contribution in [3.63, 3.8) is 0 Å². The maximum Gasteiger partial charge on any atom is 0.338 e. The average molecular weight is 577 g/mol. The summed E-state index contributed by atoms with van der Waals surface area (Å²) < 4.78 is 41.1. The highest BCUT2D eigenvalue weighted by Gasteiger charge is 2.57. The van der Waals surface area contributed by atoms with E-state index in [0.717, 1.165) is 5.56 Å². The van der Waals surface area contributed by atoms with Gasteiger partial charge in [0.1, 0.15) is 24.9 Å². The van der Waals surface area contributed by atoms with Gasteiger partial charge in [-0.15, -0.1) is 0 Å². The minimum Gasteiger partial charge on any atom is -0.465 e. The summed E-state index contributed by atoms with van der Waals surface area (Å²) in [5, 5.41) is 0. The van der Waals surface area contributed by atoms with Crippen LogP contribution in [0.4, 0.5) is 0 Å². The standard InChI is InChI=1S/C32H32O10/c1-32(2)41-25-24(19-37-29(34)21-10-6-4-7-11-21)39-31(38-18-20-14-16-23(17-15-20)28(33)36-3)27(26(25)42-32)40-30(35)22-12-8-5-9-13-22/h4-17,24-27,31H,18-19H2,1-3H3/t24-,25+,26+,27-,31-/m1/s1. The van der Waals surface area contributed by atoms with E-state index >= 15 is 0 Å². The summed E-state index contributed by atoms with van der Waals surface area (Å²) in [6.07, 6.45) is -4.41. The molecule has 2 fully saturated rings. The van der Waals surface area contributed by atoms with Crippen LogP contribution in [0.2, 0.25) is 0 Å². The molecule has 3 aromatic rings. The van der Waals surface area contributed by atoms with Gasteiger partial charge in [-0.2, -0.15) is 0 Å². The fourth-order valence-electron chi connectivity index (χ4n) is 4.85. The highest BCUT2D eigenvalue weighted by molar-refractivity contribution is 5.90. The summed E-state index contributed by atoms with van der Waals surface area (Å²) in [5.41, 5.74) is 1.87. The first-order valence-corrected chi connectivity index (χ1v) is 13.5. The molecular weight excluding hydrogens is 544 g/mol.